The van der Waals surface area contributed by atoms with Crippen LogP contribution in [-0.4, -0.2) is 9.97 Å². The number of hydrogen-bond acceptors (Lipinski definition) is 4. The minimum atomic E-state index is 0.664. The van der Waals surface area contributed by atoms with E-state index in [1.165, 1.54) is 0 Å². The Kier molecular flexibility index (Phi) is 3.95. The number of pyridine rings is 1. The fourth-order valence-electron chi connectivity index (χ4n) is 1.91. The zero-order valence-electron chi connectivity index (χ0n) is 11.3. The first-order chi connectivity index (χ1) is 10.3. The Morgan fingerprint density at radius 2 is 2.14 bits per heavy atom. The van der Waals surface area contributed by atoms with Crippen LogP contribution >= 0.6 is 11.3 Å². The monoisotopic (exact) mass is 291 g/mol. The molecule has 2 heterocycles. The first kappa shape index (κ1) is 13.3. The van der Waals surface area contributed by atoms with E-state index in [1.807, 2.05) is 47.8 Å². The molecule has 0 saturated carbocycles. The third-order valence-electron chi connectivity index (χ3n) is 2.94. The van der Waals surface area contributed by atoms with Gasteiger partial charge in [-0.2, -0.15) is 0 Å². The van der Waals surface area contributed by atoms with Crippen molar-refractivity contribution in [3.05, 3.63) is 65.3 Å². The molecule has 0 amide bonds. The van der Waals surface area contributed by atoms with Crippen LogP contribution in [0.2, 0.25) is 0 Å². The van der Waals surface area contributed by atoms with Gasteiger partial charge in [0.1, 0.15) is 5.01 Å². The van der Waals surface area contributed by atoms with Crippen molar-refractivity contribution in [2.75, 3.05) is 5.32 Å². The molecule has 0 fully saturated rings. The molecule has 3 aromatic rings. The maximum absolute atomic E-state index is 5.40. The van der Waals surface area contributed by atoms with Crippen molar-refractivity contribution >= 4 is 17.0 Å². The minimum Gasteiger partial charge on any atom is -0.379 e. The maximum Gasteiger partial charge on any atom is 0.142 e. The second-order valence-electron chi connectivity index (χ2n) is 4.44. The highest BCUT2D eigenvalue weighted by Crippen LogP contribution is 2.22. The molecule has 0 saturated heterocycles. The van der Waals surface area contributed by atoms with E-state index in [0.717, 1.165) is 27.6 Å². The molecule has 102 valence electrons. The summed E-state index contributed by atoms with van der Waals surface area (Å²) in [7, 11) is 0. The van der Waals surface area contributed by atoms with Crippen molar-refractivity contribution in [2.24, 2.45) is 0 Å². The van der Waals surface area contributed by atoms with E-state index in [2.05, 4.69) is 21.2 Å². The van der Waals surface area contributed by atoms with E-state index >= 15 is 0 Å². The van der Waals surface area contributed by atoms with Crippen molar-refractivity contribution in [3.63, 3.8) is 0 Å². The van der Waals surface area contributed by atoms with Crippen LogP contribution in [0.1, 0.15) is 11.3 Å². The third-order valence-corrected chi connectivity index (χ3v) is 3.85. The average Bonchev–Trinajstić information content (AvgIpc) is 3.03. The van der Waals surface area contributed by atoms with Gasteiger partial charge in [0.25, 0.3) is 0 Å². The molecular formula is C17H13N3S. The molecule has 0 atom stereocenters. The van der Waals surface area contributed by atoms with Crippen molar-refractivity contribution in [3.8, 4) is 23.0 Å². The summed E-state index contributed by atoms with van der Waals surface area (Å²) in [6.07, 6.45) is 7.18. The molecule has 3 nitrogen and oxygen atoms in total. The smallest absolute Gasteiger partial charge is 0.142 e. The van der Waals surface area contributed by atoms with Crippen LogP contribution in [0.15, 0.2) is 54.0 Å². The molecule has 3 rings (SSSR count). The van der Waals surface area contributed by atoms with Crippen LogP contribution in [0, 0.1) is 12.3 Å². The molecule has 0 aliphatic rings. The number of nitrogens with zero attached hydrogens (tertiary/aromatic N) is 2. The summed E-state index contributed by atoms with van der Waals surface area (Å²) < 4.78 is 0. The lowest BCUT2D eigenvalue weighted by Crippen LogP contribution is -1.99. The molecule has 0 aliphatic carbocycles. The molecule has 0 radical (unpaired) electrons. The Balaban J connectivity index is 1.69. The van der Waals surface area contributed by atoms with Gasteiger partial charge in [0.05, 0.1) is 17.9 Å². The van der Waals surface area contributed by atoms with E-state index in [0.29, 0.717) is 6.54 Å². The first-order valence-corrected chi connectivity index (χ1v) is 7.39. The fraction of sp³-hybridized carbons (Fsp3) is 0.0588. The number of nitrogens with one attached hydrogen (secondary N) is 1. The lowest BCUT2D eigenvalue weighted by molar-refractivity contribution is 1.07. The minimum absolute atomic E-state index is 0.664. The van der Waals surface area contributed by atoms with Crippen LogP contribution in [-0.2, 0) is 6.54 Å². The highest BCUT2D eigenvalue weighted by molar-refractivity contribution is 7.13. The summed E-state index contributed by atoms with van der Waals surface area (Å²) in [5.41, 5.74) is 3.76. The first-order valence-electron chi connectivity index (χ1n) is 6.51. The van der Waals surface area contributed by atoms with Crippen LogP contribution in [0.4, 0.5) is 5.69 Å². The van der Waals surface area contributed by atoms with Gasteiger partial charge < -0.3 is 5.32 Å². The Hall–Kier alpha value is -2.64. The average molecular weight is 291 g/mol. The quantitative estimate of drug-likeness (QED) is 0.743. The number of rotatable bonds is 4. The van der Waals surface area contributed by atoms with Crippen molar-refractivity contribution in [2.45, 2.75) is 6.54 Å². The lowest BCUT2D eigenvalue weighted by atomic mass is 10.2. The van der Waals surface area contributed by atoms with E-state index in [9.17, 15) is 0 Å². The molecule has 0 spiro atoms. The number of anilines is 1. The molecule has 0 unspecified atom stereocenters. The van der Waals surface area contributed by atoms with Gasteiger partial charge in [-0.25, -0.2) is 4.98 Å². The molecule has 4 heteroatoms. The highest BCUT2D eigenvalue weighted by Gasteiger charge is 2.05. The van der Waals surface area contributed by atoms with E-state index in [4.69, 9.17) is 6.42 Å². The van der Waals surface area contributed by atoms with E-state index in [1.54, 1.807) is 17.5 Å². The van der Waals surface area contributed by atoms with Crippen molar-refractivity contribution < 1.29 is 0 Å². The highest BCUT2D eigenvalue weighted by atomic mass is 32.1. The topological polar surface area (TPSA) is 37.8 Å². The van der Waals surface area contributed by atoms with Crippen LogP contribution in [0.5, 0.6) is 0 Å². The SMILES string of the molecule is C#Cc1cccc(NCc2csc(-c3ccccn3)n2)c1. The van der Waals surface area contributed by atoms with Crippen molar-refractivity contribution in [1.29, 1.82) is 0 Å². The van der Waals surface area contributed by atoms with Gasteiger partial charge in [0.15, 0.2) is 0 Å². The number of hydrogen-bond donors (Lipinski definition) is 1. The van der Waals surface area contributed by atoms with Gasteiger partial charge in [0.2, 0.25) is 0 Å². The zero-order chi connectivity index (χ0) is 14.5. The lowest BCUT2D eigenvalue weighted by Gasteiger charge is -2.04. The Labute approximate surface area is 127 Å². The van der Waals surface area contributed by atoms with Gasteiger partial charge in [-0.3, -0.25) is 4.98 Å². The second kappa shape index (κ2) is 6.21. The predicted octanol–water partition coefficient (Wildman–Crippen LogP) is 3.80. The maximum atomic E-state index is 5.40. The Bertz CT molecular complexity index is 772. The number of aromatic nitrogens is 2. The molecule has 1 aromatic carbocycles. The molecule has 0 aliphatic heterocycles. The third kappa shape index (κ3) is 3.28. The van der Waals surface area contributed by atoms with Gasteiger partial charge in [-0.15, -0.1) is 17.8 Å². The van der Waals surface area contributed by atoms with Crippen molar-refractivity contribution in [1.82, 2.24) is 9.97 Å². The van der Waals surface area contributed by atoms with Gasteiger partial charge in [0, 0.05) is 22.8 Å². The van der Waals surface area contributed by atoms with Gasteiger partial charge in [-0.1, -0.05) is 18.1 Å². The standard InChI is InChI=1S/C17H13N3S/c1-2-13-6-5-7-14(10-13)19-11-15-12-21-17(20-15)16-8-3-4-9-18-16/h1,3-10,12,19H,11H2. The largest absolute Gasteiger partial charge is 0.379 e. The number of benzene rings is 1. The van der Waals surface area contributed by atoms with Crippen LogP contribution in [0.25, 0.3) is 10.7 Å². The summed E-state index contributed by atoms with van der Waals surface area (Å²) in [5, 5.41) is 6.31. The molecular weight excluding hydrogens is 278 g/mol. The normalized spacial score (nSPS) is 10.0. The number of terminal acetylenes is 1. The summed E-state index contributed by atoms with van der Waals surface area (Å²) in [6.45, 7) is 0.664. The van der Waals surface area contributed by atoms with E-state index < -0.39 is 0 Å². The molecule has 2 aromatic heterocycles. The summed E-state index contributed by atoms with van der Waals surface area (Å²) in [4.78, 5) is 8.90. The van der Waals surface area contributed by atoms with Gasteiger partial charge in [-0.05, 0) is 30.3 Å². The zero-order valence-corrected chi connectivity index (χ0v) is 12.1. The summed E-state index contributed by atoms with van der Waals surface area (Å²) in [5.74, 6) is 2.63. The number of thiazole rings is 1. The summed E-state index contributed by atoms with van der Waals surface area (Å²) >= 11 is 1.60. The van der Waals surface area contributed by atoms with E-state index in [-0.39, 0.29) is 0 Å². The second-order valence-corrected chi connectivity index (χ2v) is 5.30. The predicted molar refractivity (Wildman–Crippen MR) is 87.0 cm³/mol. The Morgan fingerprint density at radius 1 is 1.19 bits per heavy atom. The fourth-order valence-corrected chi connectivity index (χ4v) is 2.70. The van der Waals surface area contributed by atoms with Crippen LogP contribution in [0.3, 0.4) is 0 Å². The molecule has 0 bridgehead atoms. The van der Waals surface area contributed by atoms with Gasteiger partial charge >= 0.3 is 0 Å². The Morgan fingerprint density at radius 3 is 2.95 bits per heavy atom. The van der Waals surface area contributed by atoms with Crippen LogP contribution < -0.4 is 5.32 Å². The molecule has 21 heavy (non-hydrogen) atoms. The summed E-state index contributed by atoms with van der Waals surface area (Å²) in [6, 6.07) is 13.6. The molecule has 1 N–H and O–H groups in total.